The number of hydrogen-bond donors (Lipinski definition) is 1. The number of methoxy groups -OCH3 is 1. The molecule has 29 heavy (non-hydrogen) atoms. The quantitative estimate of drug-likeness (QED) is 0.751. The second-order valence-corrected chi connectivity index (χ2v) is 7.17. The molecule has 160 valence electrons. The summed E-state index contributed by atoms with van der Waals surface area (Å²) in [6.07, 6.45) is -4.01. The van der Waals surface area contributed by atoms with Crippen molar-refractivity contribution in [1.82, 2.24) is 14.5 Å². The highest BCUT2D eigenvalue weighted by Crippen LogP contribution is 2.27. The standard InChI is InChI=1S/C18H23F4N5O2/c1-25(10-18(20,21)22)16(28)9-27-14-7-11(19)3-4-13(14)24-17(27)26-6-5-15(29-2)12(23)8-26/h3-4,7,12,15H,5-6,8-10,23H2,1-2H3/t12-,15-/m1/s1. The van der Waals surface area contributed by atoms with Gasteiger partial charge in [-0.2, -0.15) is 13.2 Å². The van der Waals surface area contributed by atoms with Gasteiger partial charge in [0, 0.05) is 33.3 Å². The van der Waals surface area contributed by atoms with E-state index in [4.69, 9.17) is 10.5 Å². The summed E-state index contributed by atoms with van der Waals surface area (Å²) in [5.74, 6) is -0.927. The lowest BCUT2D eigenvalue weighted by Gasteiger charge is -2.36. The molecule has 2 aromatic rings. The lowest BCUT2D eigenvalue weighted by Crippen LogP contribution is -2.52. The second-order valence-electron chi connectivity index (χ2n) is 7.17. The van der Waals surface area contributed by atoms with Crippen molar-refractivity contribution in [2.45, 2.75) is 31.3 Å². The number of piperidine rings is 1. The smallest absolute Gasteiger partial charge is 0.380 e. The summed E-state index contributed by atoms with van der Waals surface area (Å²) in [7, 11) is 2.66. The summed E-state index contributed by atoms with van der Waals surface area (Å²) in [4.78, 5) is 19.4. The van der Waals surface area contributed by atoms with Crippen LogP contribution < -0.4 is 10.6 Å². The molecular formula is C18H23F4N5O2. The Morgan fingerprint density at radius 3 is 2.76 bits per heavy atom. The first-order valence-corrected chi connectivity index (χ1v) is 9.09. The summed E-state index contributed by atoms with van der Waals surface area (Å²) in [5, 5.41) is 0. The van der Waals surface area contributed by atoms with Crippen LogP contribution in [0.15, 0.2) is 18.2 Å². The Kier molecular flexibility index (Phi) is 5.99. The van der Waals surface area contributed by atoms with E-state index >= 15 is 0 Å². The molecule has 0 spiro atoms. The number of ether oxygens (including phenoxy) is 1. The summed E-state index contributed by atoms with van der Waals surface area (Å²) in [5.41, 5.74) is 6.91. The highest BCUT2D eigenvalue weighted by atomic mass is 19.4. The van der Waals surface area contributed by atoms with Crippen LogP contribution in [0.4, 0.5) is 23.5 Å². The third-order valence-corrected chi connectivity index (χ3v) is 5.00. The number of halogens is 4. The van der Waals surface area contributed by atoms with Crippen LogP contribution in [0.2, 0.25) is 0 Å². The number of likely N-dealkylation sites (N-methyl/N-ethyl adjacent to an activating group) is 1. The fourth-order valence-corrected chi connectivity index (χ4v) is 3.53. The first-order valence-electron chi connectivity index (χ1n) is 9.09. The topological polar surface area (TPSA) is 76.6 Å². The lowest BCUT2D eigenvalue weighted by molar-refractivity contribution is -0.158. The number of benzene rings is 1. The molecule has 11 heteroatoms. The average molecular weight is 417 g/mol. The number of aromatic nitrogens is 2. The van der Waals surface area contributed by atoms with Gasteiger partial charge in [-0.3, -0.25) is 4.79 Å². The molecule has 2 N–H and O–H groups in total. The molecular weight excluding hydrogens is 394 g/mol. The van der Waals surface area contributed by atoms with Gasteiger partial charge in [-0.1, -0.05) is 0 Å². The van der Waals surface area contributed by atoms with Gasteiger partial charge in [-0.15, -0.1) is 0 Å². The largest absolute Gasteiger partial charge is 0.406 e. The summed E-state index contributed by atoms with van der Waals surface area (Å²) in [6.45, 7) is -0.852. The molecule has 1 saturated heterocycles. The van der Waals surface area contributed by atoms with Crippen molar-refractivity contribution in [3.05, 3.63) is 24.0 Å². The lowest BCUT2D eigenvalue weighted by atomic mass is 10.0. The molecule has 0 bridgehead atoms. The Bertz CT molecular complexity index is 885. The zero-order valence-corrected chi connectivity index (χ0v) is 16.1. The number of alkyl halides is 3. The van der Waals surface area contributed by atoms with Crippen molar-refractivity contribution in [2.75, 3.05) is 38.7 Å². The van der Waals surface area contributed by atoms with Crippen LogP contribution in [0, 0.1) is 5.82 Å². The molecule has 1 aliphatic rings. The molecule has 1 aromatic heterocycles. The molecule has 1 aliphatic heterocycles. The second kappa shape index (κ2) is 8.15. The number of imidazole rings is 1. The van der Waals surface area contributed by atoms with Gasteiger partial charge in [0.25, 0.3) is 0 Å². The molecule has 0 unspecified atom stereocenters. The fourth-order valence-electron chi connectivity index (χ4n) is 3.53. The van der Waals surface area contributed by atoms with Crippen LogP contribution in [0.25, 0.3) is 11.0 Å². The minimum atomic E-state index is -4.51. The van der Waals surface area contributed by atoms with Gasteiger partial charge in [-0.05, 0) is 24.6 Å². The summed E-state index contributed by atoms with van der Waals surface area (Å²) in [6, 6.07) is 3.62. The van der Waals surface area contributed by atoms with Gasteiger partial charge < -0.3 is 24.8 Å². The Morgan fingerprint density at radius 2 is 2.14 bits per heavy atom. The van der Waals surface area contributed by atoms with Crippen LogP contribution in [0.3, 0.4) is 0 Å². The van der Waals surface area contributed by atoms with E-state index in [1.165, 1.54) is 22.8 Å². The van der Waals surface area contributed by atoms with Gasteiger partial charge in [-0.25, -0.2) is 9.37 Å². The number of carbonyl (C=O) groups excluding carboxylic acids is 1. The van der Waals surface area contributed by atoms with Crippen LogP contribution in [-0.4, -0.2) is 72.5 Å². The number of amides is 1. The first kappa shape index (κ1) is 21.3. The molecule has 0 aliphatic carbocycles. The Balaban J connectivity index is 1.93. The third kappa shape index (κ3) is 4.78. The van der Waals surface area contributed by atoms with Gasteiger partial charge >= 0.3 is 6.18 Å². The van der Waals surface area contributed by atoms with Crippen molar-refractivity contribution in [3.8, 4) is 0 Å². The minimum Gasteiger partial charge on any atom is -0.380 e. The number of rotatable bonds is 5. The van der Waals surface area contributed by atoms with Crippen LogP contribution in [0.1, 0.15) is 6.42 Å². The van der Waals surface area contributed by atoms with Crippen molar-refractivity contribution in [2.24, 2.45) is 5.73 Å². The van der Waals surface area contributed by atoms with E-state index in [2.05, 4.69) is 4.98 Å². The Hall–Kier alpha value is -2.40. The van der Waals surface area contributed by atoms with Crippen LogP contribution >= 0.6 is 0 Å². The number of carbonyl (C=O) groups is 1. The average Bonchev–Trinajstić information content (AvgIpc) is 2.98. The Labute approximate surface area is 165 Å². The molecule has 0 radical (unpaired) electrons. The van der Waals surface area contributed by atoms with Gasteiger partial charge in [0.15, 0.2) is 0 Å². The number of hydrogen-bond acceptors (Lipinski definition) is 5. The van der Waals surface area contributed by atoms with Crippen molar-refractivity contribution in [3.63, 3.8) is 0 Å². The molecule has 2 heterocycles. The SMILES string of the molecule is CO[C@@H]1CCN(c2nc3ccc(F)cc3n2CC(=O)N(C)CC(F)(F)F)C[C@H]1N. The zero-order valence-electron chi connectivity index (χ0n) is 16.1. The normalized spacial score (nSPS) is 20.3. The monoisotopic (exact) mass is 417 g/mol. The molecule has 2 atom stereocenters. The van der Waals surface area contributed by atoms with Crippen molar-refractivity contribution in [1.29, 1.82) is 0 Å². The van der Waals surface area contributed by atoms with E-state index in [0.717, 1.165) is 7.05 Å². The van der Waals surface area contributed by atoms with Gasteiger partial charge in [0.2, 0.25) is 11.9 Å². The highest BCUT2D eigenvalue weighted by molar-refractivity contribution is 5.83. The summed E-state index contributed by atoms with van der Waals surface area (Å²) >= 11 is 0. The van der Waals surface area contributed by atoms with E-state index < -0.39 is 31.0 Å². The highest BCUT2D eigenvalue weighted by Gasteiger charge is 2.33. The predicted octanol–water partition coefficient (Wildman–Crippen LogP) is 1.75. The summed E-state index contributed by atoms with van der Waals surface area (Å²) < 4.78 is 58.5. The van der Waals surface area contributed by atoms with E-state index in [1.54, 1.807) is 7.11 Å². The van der Waals surface area contributed by atoms with Gasteiger partial charge in [0.05, 0.1) is 17.1 Å². The minimum absolute atomic E-state index is 0.124. The first-order chi connectivity index (χ1) is 13.6. The maximum Gasteiger partial charge on any atom is 0.406 e. The maximum absolute atomic E-state index is 13.8. The number of nitrogens with two attached hydrogens (primary N) is 1. The van der Waals surface area contributed by atoms with Crippen molar-refractivity contribution >= 4 is 22.9 Å². The molecule has 7 nitrogen and oxygen atoms in total. The molecule has 1 amide bonds. The number of nitrogens with zero attached hydrogens (tertiary/aromatic N) is 4. The predicted molar refractivity (Wildman–Crippen MR) is 99.0 cm³/mol. The van der Waals surface area contributed by atoms with Crippen LogP contribution in [-0.2, 0) is 16.1 Å². The molecule has 1 fully saturated rings. The van der Waals surface area contributed by atoms with E-state index in [-0.39, 0.29) is 12.1 Å². The zero-order chi connectivity index (χ0) is 21.3. The van der Waals surface area contributed by atoms with Crippen LogP contribution in [0.5, 0.6) is 0 Å². The van der Waals surface area contributed by atoms with Gasteiger partial charge in [0.1, 0.15) is 18.9 Å². The van der Waals surface area contributed by atoms with E-state index in [0.29, 0.717) is 41.4 Å². The molecule has 0 saturated carbocycles. The maximum atomic E-state index is 13.8. The number of fused-ring (bicyclic) bond motifs is 1. The third-order valence-electron chi connectivity index (χ3n) is 5.00. The van der Waals surface area contributed by atoms with Crippen molar-refractivity contribution < 1.29 is 27.1 Å². The Morgan fingerprint density at radius 1 is 1.41 bits per heavy atom. The molecule has 3 rings (SSSR count). The number of anilines is 1. The molecule has 1 aromatic carbocycles. The van der Waals surface area contributed by atoms with E-state index in [1.807, 2.05) is 4.90 Å². The fraction of sp³-hybridized carbons (Fsp3) is 0.556. The van der Waals surface area contributed by atoms with E-state index in [9.17, 15) is 22.4 Å².